The molecule has 0 N–H and O–H groups in total. The lowest BCUT2D eigenvalue weighted by Gasteiger charge is -2.05. The molecule has 0 aliphatic carbocycles. The highest BCUT2D eigenvalue weighted by Gasteiger charge is 2.12. The Kier molecular flexibility index (Phi) is 13.9. The van der Waals surface area contributed by atoms with Gasteiger partial charge in [0.15, 0.2) is 11.5 Å². The molecule has 1 aromatic rings. The third-order valence-electron chi connectivity index (χ3n) is 5.46. The highest BCUT2D eigenvalue weighted by molar-refractivity contribution is 5.44. The van der Waals surface area contributed by atoms with Gasteiger partial charge in [-0.2, -0.15) is 0 Å². The van der Waals surface area contributed by atoms with Gasteiger partial charge in [0.1, 0.15) is 0 Å². The molecule has 3 nitrogen and oxygen atoms in total. The Hall–Kier alpha value is -1.74. The summed E-state index contributed by atoms with van der Waals surface area (Å²) in [5.74, 6) is 1.71. The zero-order valence-electron chi connectivity index (χ0n) is 19.1. The van der Waals surface area contributed by atoms with E-state index in [1.807, 2.05) is 6.07 Å². The van der Waals surface area contributed by atoms with Gasteiger partial charge in [-0.15, -0.1) is 0 Å². The fourth-order valence-electron chi connectivity index (χ4n) is 3.58. The molecule has 0 saturated heterocycles. The Morgan fingerprint density at radius 2 is 1.47 bits per heavy atom. The normalized spacial score (nSPS) is 13.1. The van der Waals surface area contributed by atoms with Gasteiger partial charge < -0.3 is 14.2 Å². The van der Waals surface area contributed by atoms with Crippen LogP contribution < -0.4 is 9.47 Å². The molecule has 1 aliphatic rings. The summed E-state index contributed by atoms with van der Waals surface area (Å²) in [6.07, 6.45) is 25.6. The number of hydrogen-bond acceptors (Lipinski definition) is 3. The summed E-state index contributed by atoms with van der Waals surface area (Å²) in [5, 5.41) is 0. The molecule has 0 amide bonds. The molecule has 168 valence electrons. The first-order chi connectivity index (χ1) is 14.9. The second-order valence-electron chi connectivity index (χ2n) is 8.13. The lowest BCUT2D eigenvalue weighted by molar-refractivity contribution is 0.132. The van der Waals surface area contributed by atoms with Crippen molar-refractivity contribution in [2.75, 3.05) is 20.0 Å². The van der Waals surface area contributed by atoms with Crippen molar-refractivity contribution in [2.45, 2.75) is 90.4 Å². The third-order valence-corrected chi connectivity index (χ3v) is 5.46. The highest BCUT2D eigenvalue weighted by Crippen LogP contribution is 2.32. The van der Waals surface area contributed by atoms with E-state index in [9.17, 15) is 0 Å². The average Bonchev–Trinajstić information content (AvgIpc) is 3.23. The molecule has 0 radical (unpaired) electrons. The smallest absolute Gasteiger partial charge is 0.231 e. The van der Waals surface area contributed by atoms with E-state index in [-0.39, 0.29) is 0 Å². The van der Waals surface area contributed by atoms with Crippen LogP contribution in [0.4, 0.5) is 0 Å². The van der Waals surface area contributed by atoms with Gasteiger partial charge in [0, 0.05) is 6.61 Å². The molecule has 1 aromatic carbocycles. The molecule has 0 aromatic heterocycles. The van der Waals surface area contributed by atoms with Gasteiger partial charge in [-0.3, -0.25) is 0 Å². The topological polar surface area (TPSA) is 27.7 Å². The molecule has 3 heteroatoms. The van der Waals surface area contributed by atoms with Gasteiger partial charge in [-0.05, 0) is 62.6 Å². The van der Waals surface area contributed by atoms with E-state index in [4.69, 9.17) is 14.2 Å². The first kappa shape index (κ1) is 24.5. The quantitative estimate of drug-likeness (QED) is 0.181. The second kappa shape index (κ2) is 17.0. The standard InChI is InChI=1S/C27H42O3/c1-2-3-4-5-6-7-8-9-10-11-12-13-14-15-16-17-21-28-22-20-25-18-19-26-27(23-25)30-24-29-26/h6-7,9-10,18-19,23H,2-5,8,11-17,20-22,24H2,1H3/b7-6-,10-9-. The summed E-state index contributed by atoms with van der Waals surface area (Å²) < 4.78 is 16.5. The zero-order chi connectivity index (χ0) is 21.1. The summed E-state index contributed by atoms with van der Waals surface area (Å²) in [5.41, 5.74) is 1.25. The summed E-state index contributed by atoms with van der Waals surface area (Å²) >= 11 is 0. The van der Waals surface area contributed by atoms with Crippen LogP contribution in [0.5, 0.6) is 11.5 Å². The van der Waals surface area contributed by atoms with E-state index in [0.717, 1.165) is 37.6 Å². The van der Waals surface area contributed by atoms with Crippen molar-refractivity contribution >= 4 is 0 Å². The number of unbranched alkanes of at least 4 members (excludes halogenated alkanes) is 9. The SMILES string of the molecule is CCCCC/C=C\C/C=C\CCCCCCCCOCCc1ccc2c(c1)OCO2. The zero-order valence-corrected chi connectivity index (χ0v) is 19.1. The molecule has 0 saturated carbocycles. The van der Waals surface area contributed by atoms with Crippen LogP contribution in [0.1, 0.15) is 89.5 Å². The number of hydrogen-bond donors (Lipinski definition) is 0. The van der Waals surface area contributed by atoms with Gasteiger partial charge in [-0.25, -0.2) is 0 Å². The fraction of sp³-hybridized carbons (Fsp3) is 0.630. The van der Waals surface area contributed by atoms with Crippen LogP contribution in [-0.4, -0.2) is 20.0 Å². The molecule has 0 spiro atoms. The van der Waals surface area contributed by atoms with Crippen molar-refractivity contribution < 1.29 is 14.2 Å². The van der Waals surface area contributed by atoms with Crippen LogP contribution in [0.25, 0.3) is 0 Å². The summed E-state index contributed by atoms with van der Waals surface area (Å²) in [6, 6.07) is 6.14. The first-order valence-electron chi connectivity index (χ1n) is 12.2. The maximum absolute atomic E-state index is 5.79. The van der Waals surface area contributed by atoms with Gasteiger partial charge >= 0.3 is 0 Å². The summed E-state index contributed by atoms with van der Waals surface area (Å²) in [6.45, 7) is 4.24. The maximum Gasteiger partial charge on any atom is 0.231 e. The van der Waals surface area contributed by atoms with Crippen molar-refractivity contribution in [3.05, 3.63) is 48.1 Å². The summed E-state index contributed by atoms with van der Waals surface area (Å²) in [4.78, 5) is 0. The van der Waals surface area contributed by atoms with Crippen molar-refractivity contribution in [1.82, 2.24) is 0 Å². The van der Waals surface area contributed by atoms with Crippen molar-refractivity contribution in [1.29, 1.82) is 0 Å². The van der Waals surface area contributed by atoms with E-state index in [2.05, 4.69) is 43.4 Å². The molecule has 0 unspecified atom stereocenters. The molecule has 0 atom stereocenters. The third kappa shape index (κ3) is 11.4. The van der Waals surface area contributed by atoms with E-state index in [1.165, 1.54) is 76.2 Å². The van der Waals surface area contributed by atoms with Gasteiger partial charge in [0.05, 0.1) is 6.61 Å². The van der Waals surface area contributed by atoms with Gasteiger partial charge in [0.25, 0.3) is 0 Å². The Morgan fingerprint density at radius 3 is 2.27 bits per heavy atom. The fourth-order valence-corrected chi connectivity index (χ4v) is 3.58. The van der Waals surface area contributed by atoms with E-state index in [1.54, 1.807) is 0 Å². The molecular formula is C27H42O3. The molecule has 0 bridgehead atoms. The minimum Gasteiger partial charge on any atom is -0.454 e. The van der Waals surface area contributed by atoms with Crippen LogP contribution in [0.15, 0.2) is 42.5 Å². The molecule has 1 heterocycles. The van der Waals surface area contributed by atoms with Crippen LogP contribution in [0, 0.1) is 0 Å². The Balaban J connectivity index is 1.31. The number of rotatable bonds is 18. The maximum atomic E-state index is 5.79. The molecule has 2 rings (SSSR count). The Morgan fingerprint density at radius 1 is 0.767 bits per heavy atom. The lowest BCUT2D eigenvalue weighted by atomic mass is 10.1. The van der Waals surface area contributed by atoms with E-state index in [0.29, 0.717) is 6.79 Å². The molecule has 1 aliphatic heterocycles. The van der Waals surface area contributed by atoms with E-state index >= 15 is 0 Å². The predicted octanol–water partition coefficient (Wildman–Crippen LogP) is 7.79. The first-order valence-corrected chi connectivity index (χ1v) is 12.2. The highest BCUT2D eigenvalue weighted by atomic mass is 16.7. The molecule has 30 heavy (non-hydrogen) atoms. The second-order valence-corrected chi connectivity index (χ2v) is 8.13. The van der Waals surface area contributed by atoms with Crippen LogP contribution in [0.3, 0.4) is 0 Å². The van der Waals surface area contributed by atoms with Crippen LogP contribution >= 0.6 is 0 Å². The number of benzene rings is 1. The number of fused-ring (bicyclic) bond motifs is 1. The molecule has 0 fully saturated rings. The van der Waals surface area contributed by atoms with Gasteiger partial charge in [-0.1, -0.05) is 75.8 Å². The predicted molar refractivity (Wildman–Crippen MR) is 126 cm³/mol. The Labute approximate surface area is 184 Å². The van der Waals surface area contributed by atoms with Crippen molar-refractivity contribution in [3.8, 4) is 11.5 Å². The largest absolute Gasteiger partial charge is 0.454 e. The van der Waals surface area contributed by atoms with Crippen molar-refractivity contribution in [2.24, 2.45) is 0 Å². The Bertz CT molecular complexity index is 606. The minimum atomic E-state index is 0.336. The summed E-state index contributed by atoms with van der Waals surface area (Å²) in [7, 11) is 0. The number of ether oxygens (including phenoxy) is 3. The van der Waals surface area contributed by atoms with Crippen LogP contribution in [-0.2, 0) is 11.2 Å². The molecular weight excluding hydrogens is 372 g/mol. The number of allylic oxidation sites excluding steroid dienone is 4. The van der Waals surface area contributed by atoms with E-state index < -0.39 is 0 Å². The average molecular weight is 415 g/mol. The van der Waals surface area contributed by atoms with Gasteiger partial charge in [0.2, 0.25) is 6.79 Å². The van der Waals surface area contributed by atoms with Crippen molar-refractivity contribution in [3.63, 3.8) is 0 Å². The lowest BCUT2D eigenvalue weighted by Crippen LogP contribution is -2.00. The monoisotopic (exact) mass is 414 g/mol. The minimum absolute atomic E-state index is 0.336. The van der Waals surface area contributed by atoms with Crippen LogP contribution in [0.2, 0.25) is 0 Å².